The number of benzene rings is 1. The summed E-state index contributed by atoms with van der Waals surface area (Å²) >= 11 is 1.82. The number of likely N-dealkylation sites (tertiary alicyclic amines) is 1. The van der Waals surface area contributed by atoms with Crippen molar-refractivity contribution in [2.75, 3.05) is 25.4 Å². The average molecular weight is 345 g/mol. The van der Waals surface area contributed by atoms with Crippen molar-refractivity contribution in [3.8, 4) is 0 Å². The van der Waals surface area contributed by atoms with E-state index in [0.717, 1.165) is 37.4 Å². The van der Waals surface area contributed by atoms with Gasteiger partial charge >= 0.3 is 6.03 Å². The lowest BCUT2D eigenvalue weighted by atomic mass is 9.98. The van der Waals surface area contributed by atoms with E-state index in [-0.39, 0.29) is 11.9 Å². The topological polar surface area (TPSA) is 73.9 Å². The van der Waals surface area contributed by atoms with Gasteiger partial charge < -0.3 is 10.2 Å². The quantitative estimate of drug-likeness (QED) is 0.624. The number of thioether (sulfide) groups is 1. The maximum absolute atomic E-state index is 12.3. The van der Waals surface area contributed by atoms with Gasteiger partial charge in [-0.25, -0.2) is 9.78 Å². The van der Waals surface area contributed by atoms with E-state index in [2.05, 4.69) is 32.6 Å². The van der Waals surface area contributed by atoms with Gasteiger partial charge in [-0.1, -0.05) is 18.2 Å². The molecule has 7 heteroatoms. The summed E-state index contributed by atoms with van der Waals surface area (Å²) in [5, 5.41) is 9.86. The van der Waals surface area contributed by atoms with Gasteiger partial charge in [-0.15, -0.1) is 11.8 Å². The lowest BCUT2D eigenvalue weighted by Crippen LogP contribution is -2.45. The number of aromatic nitrogens is 3. The number of nitrogens with zero attached hydrogens (tertiary/aromatic N) is 3. The minimum Gasteiger partial charge on any atom is -0.338 e. The van der Waals surface area contributed by atoms with Crippen LogP contribution >= 0.6 is 11.8 Å². The van der Waals surface area contributed by atoms with Crippen LogP contribution in [0.25, 0.3) is 0 Å². The molecule has 6 nitrogen and oxygen atoms in total. The van der Waals surface area contributed by atoms with E-state index in [9.17, 15) is 4.79 Å². The molecule has 24 heavy (non-hydrogen) atoms. The van der Waals surface area contributed by atoms with E-state index in [1.165, 1.54) is 11.2 Å². The molecule has 1 aromatic carbocycles. The SMILES string of the molecule is O=C(NCCCSc1ccccc1)N1CCC[C@@H](c2ncn[nH]2)C1. The first-order valence-electron chi connectivity index (χ1n) is 8.39. The highest BCUT2D eigenvalue weighted by atomic mass is 32.2. The fraction of sp³-hybridized carbons (Fsp3) is 0.471. The second-order valence-corrected chi connectivity index (χ2v) is 7.07. The van der Waals surface area contributed by atoms with Crippen molar-refractivity contribution in [3.05, 3.63) is 42.5 Å². The van der Waals surface area contributed by atoms with Crippen LogP contribution < -0.4 is 5.32 Å². The Hall–Kier alpha value is -2.02. The Balaban J connectivity index is 1.36. The maximum atomic E-state index is 12.3. The van der Waals surface area contributed by atoms with Crippen LogP contribution in [0.5, 0.6) is 0 Å². The number of aromatic amines is 1. The van der Waals surface area contributed by atoms with Gasteiger partial charge in [0.1, 0.15) is 12.2 Å². The van der Waals surface area contributed by atoms with E-state index in [0.29, 0.717) is 13.1 Å². The highest BCUT2D eigenvalue weighted by Crippen LogP contribution is 2.23. The standard InChI is InChI=1S/C17H23N5OS/c23-17(18-9-5-11-24-15-7-2-1-3-8-15)22-10-4-6-14(12-22)16-19-13-20-21-16/h1-3,7-8,13-14H,4-6,9-12H2,(H,18,23)(H,19,20,21)/t14-/m1/s1. The van der Waals surface area contributed by atoms with Crippen LogP contribution in [0.4, 0.5) is 4.79 Å². The van der Waals surface area contributed by atoms with Gasteiger partial charge in [0.25, 0.3) is 0 Å². The van der Waals surface area contributed by atoms with Crippen LogP contribution in [0, 0.1) is 0 Å². The zero-order chi connectivity index (χ0) is 16.6. The summed E-state index contributed by atoms with van der Waals surface area (Å²) in [6, 6.07) is 10.4. The van der Waals surface area contributed by atoms with E-state index < -0.39 is 0 Å². The number of piperidine rings is 1. The third kappa shape index (κ3) is 4.74. The molecule has 2 heterocycles. The van der Waals surface area contributed by atoms with Gasteiger partial charge in [-0.05, 0) is 37.1 Å². The molecule has 0 bridgehead atoms. The predicted molar refractivity (Wildman–Crippen MR) is 95.1 cm³/mol. The maximum Gasteiger partial charge on any atom is 0.317 e. The zero-order valence-corrected chi connectivity index (χ0v) is 14.5. The Labute approximate surface area is 146 Å². The summed E-state index contributed by atoms with van der Waals surface area (Å²) in [4.78, 5) is 19.7. The molecule has 1 atom stereocenters. The number of amides is 2. The Bertz CT molecular complexity index is 619. The monoisotopic (exact) mass is 345 g/mol. The number of carbonyl (C=O) groups is 1. The number of nitrogens with one attached hydrogen (secondary N) is 2. The molecule has 1 aliphatic heterocycles. The molecule has 0 aliphatic carbocycles. The van der Waals surface area contributed by atoms with Gasteiger partial charge in [0.05, 0.1) is 0 Å². The first-order valence-corrected chi connectivity index (χ1v) is 9.37. The van der Waals surface area contributed by atoms with Gasteiger partial charge in [0, 0.05) is 30.4 Å². The molecule has 128 valence electrons. The van der Waals surface area contributed by atoms with Crippen LogP contribution in [-0.4, -0.2) is 51.5 Å². The average Bonchev–Trinajstić information content (AvgIpc) is 3.17. The lowest BCUT2D eigenvalue weighted by Gasteiger charge is -2.31. The summed E-state index contributed by atoms with van der Waals surface area (Å²) in [5.41, 5.74) is 0. The predicted octanol–water partition coefficient (Wildman–Crippen LogP) is 2.88. The van der Waals surface area contributed by atoms with E-state index in [1.807, 2.05) is 34.9 Å². The Morgan fingerprint density at radius 2 is 2.25 bits per heavy atom. The molecule has 1 saturated heterocycles. The van der Waals surface area contributed by atoms with Gasteiger partial charge in [-0.3, -0.25) is 5.10 Å². The molecule has 3 rings (SSSR count). The van der Waals surface area contributed by atoms with E-state index in [4.69, 9.17) is 0 Å². The first kappa shape index (κ1) is 16.8. The van der Waals surface area contributed by atoms with Crippen molar-refractivity contribution >= 4 is 17.8 Å². The van der Waals surface area contributed by atoms with Crippen molar-refractivity contribution < 1.29 is 4.79 Å². The Morgan fingerprint density at radius 3 is 3.04 bits per heavy atom. The van der Waals surface area contributed by atoms with Crippen LogP contribution in [0.3, 0.4) is 0 Å². The number of H-pyrrole nitrogens is 1. The highest BCUT2D eigenvalue weighted by molar-refractivity contribution is 7.99. The molecule has 0 unspecified atom stereocenters. The molecule has 0 spiro atoms. The largest absolute Gasteiger partial charge is 0.338 e. The van der Waals surface area contributed by atoms with Crippen LogP contribution in [-0.2, 0) is 0 Å². The third-order valence-corrected chi connectivity index (χ3v) is 5.24. The molecular formula is C17H23N5OS. The zero-order valence-electron chi connectivity index (χ0n) is 13.6. The molecule has 1 aliphatic rings. The highest BCUT2D eigenvalue weighted by Gasteiger charge is 2.26. The molecule has 2 N–H and O–H groups in total. The van der Waals surface area contributed by atoms with Gasteiger partial charge in [0.2, 0.25) is 0 Å². The second-order valence-electron chi connectivity index (χ2n) is 5.90. The number of hydrogen-bond acceptors (Lipinski definition) is 4. The minimum absolute atomic E-state index is 0.0314. The van der Waals surface area contributed by atoms with Crippen LogP contribution in [0.15, 0.2) is 41.6 Å². The lowest BCUT2D eigenvalue weighted by molar-refractivity contribution is 0.178. The summed E-state index contributed by atoms with van der Waals surface area (Å²) < 4.78 is 0. The first-order chi connectivity index (χ1) is 11.8. The third-order valence-electron chi connectivity index (χ3n) is 4.14. The number of urea groups is 1. The van der Waals surface area contributed by atoms with Crippen molar-refractivity contribution in [1.82, 2.24) is 25.4 Å². The summed E-state index contributed by atoms with van der Waals surface area (Å²) in [5.74, 6) is 2.15. The summed E-state index contributed by atoms with van der Waals surface area (Å²) in [6.07, 6.45) is 4.54. The fourth-order valence-corrected chi connectivity index (χ4v) is 3.76. The fourth-order valence-electron chi connectivity index (χ4n) is 2.88. The van der Waals surface area contributed by atoms with Crippen molar-refractivity contribution in [2.24, 2.45) is 0 Å². The smallest absolute Gasteiger partial charge is 0.317 e. The second kappa shape index (κ2) is 8.73. The summed E-state index contributed by atoms with van der Waals surface area (Å²) in [7, 11) is 0. The Kier molecular flexibility index (Phi) is 6.12. The number of carbonyl (C=O) groups excluding carboxylic acids is 1. The minimum atomic E-state index is 0.0314. The van der Waals surface area contributed by atoms with Crippen molar-refractivity contribution in [2.45, 2.75) is 30.1 Å². The molecule has 2 aromatic rings. The van der Waals surface area contributed by atoms with Crippen LogP contribution in [0.2, 0.25) is 0 Å². The van der Waals surface area contributed by atoms with E-state index >= 15 is 0 Å². The molecule has 1 aromatic heterocycles. The van der Waals surface area contributed by atoms with Crippen molar-refractivity contribution in [1.29, 1.82) is 0 Å². The van der Waals surface area contributed by atoms with Crippen LogP contribution in [0.1, 0.15) is 31.0 Å². The van der Waals surface area contributed by atoms with Gasteiger partial charge in [0.15, 0.2) is 0 Å². The molecular weight excluding hydrogens is 322 g/mol. The molecule has 1 fully saturated rings. The molecule has 0 saturated carbocycles. The Morgan fingerprint density at radius 1 is 1.38 bits per heavy atom. The molecule has 2 amide bonds. The van der Waals surface area contributed by atoms with Crippen molar-refractivity contribution in [3.63, 3.8) is 0 Å². The number of hydrogen-bond donors (Lipinski definition) is 2. The van der Waals surface area contributed by atoms with E-state index in [1.54, 1.807) is 0 Å². The molecule has 0 radical (unpaired) electrons. The normalized spacial score (nSPS) is 17.7. The number of rotatable bonds is 6. The summed E-state index contributed by atoms with van der Waals surface area (Å²) in [6.45, 7) is 2.23. The van der Waals surface area contributed by atoms with Gasteiger partial charge in [-0.2, -0.15) is 5.10 Å².